The van der Waals surface area contributed by atoms with Crippen LogP contribution in [-0.2, 0) is 0 Å². The van der Waals surface area contributed by atoms with Gasteiger partial charge in [-0.15, -0.1) is 0 Å². The lowest BCUT2D eigenvalue weighted by Gasteiger charge is -2.33. The predicted molar refractivity (Wildman–Crippen MR) is 58.6 cm³/mol. The molecule has 0 spiro atoms. The van der Waals surface area contributed by atoms with Crippen molar-refractivity contribution in [3.8, 4) is 0 Å². The second kappa shape index (κ2) is 3.83. The molecule has 1 nitrogen and oxygen atoms in total. The molecule has 0 fully saturated rings. The Hall–Kier alpha value is -0.300. The molecule has 0 bridgehead atoms. The maximum atomic E-state index is 6.32. The number of hydrogen-bond acceptors (Lipinski definition) is 1. The van der Waals surface area contributed by atoms with Crippen molar-refractivity contribution in [2.45, 2.75) is 58.4 Å². The van der Waals surface area contributed by atoms with Gasteiger partial charge < -0.3 is 5.73 Å². The first-order chi connectivity index (χ1) is 5.91. The summed E-state index contributed by atoms with van der Waals surface area (Å²) >= 11 is 0. The maximum absolute atomic E-state index is 6.32. The minimum absolute atomic E-state index is 0.0992. The van der Waals surface area contributed by atoms with E-state index in [-0.39, 0.29) is 5.54 Å². The summed E-state index contributed by atoms with van der Waals surface area (Å²) in [6, 6.07) is 0. The Morgan fingerprint density at radius 2 is 2.00 bits per heavy atom. The average Bonchev–Trinajstić information content (AvgIpc) is 2.02. The molecular formula is C12H23N. The van der Waals surface area contributed by atoms with Gasteiger partial charge in [0.15, 0.2) is 0 Å². The third-order valence-electron chi connectivity index (χ3n) is 2.87. The zero-order chi connectivity index (χ0) is 9.95. The minimum atomic E-state index is 0.0992. The zero-order valence-corrected chi connectivity index (χ0v) is 9.27. The molecule has 1 rings (SSSR count). The van der Waals surface area contributed by atoms with Crippen LogP contribution in [0.4, 0.5) is 0 Å². The van der Waals surface area contributed by atoms with Gasteiger partial charge >= 0.3 is 0 Å². The third kappa shape index (κ3) is 3.95. The van der Waals surface area contributed by atoms with Gasteiger partial charge in [-0.25, -0.2) is 0 Å². The molecule has 0 heterocycles. The van der Waals surface area contributed by atoms with Gasteiger partial charge in [-0.05, 0) is 37.5 Å². The smallest absolute Gasteiger partial charge is 0.0192 e. The Balaban J connectivity index is 2.39. The van der Waals surface area contributed by atoms with E-state index in [2.05, 4.69) is 32.9 Å². The van der Waals surface area contributed by atoms with E-state index in [0.29, 0.717) is 5.41 Å². The lowest BCUT2D eigenvalue weighted by Crippen LogP contribution is -2.41. The van der Waals surface area contributed by atoms with E-state index in [0.717, 1.165) is 6.42 Å². The number of rotatable bonds is 2. The standard InChI is InChI=1S/C12H23N/c1-11(2,3)9-10-12(13)7-5-4-6-8-12/h4-5H,6-10,13H2,1-3H3. The highest BCUT2D eigenvalue weighted by molar-refractivity contribution is 5.01. The molecule has 0 aromatic rings. The van der Waals surface area contributed by atoms with Gasteiger partial charge in [-0.1, -0.05) is 32.9 Å². The summed E-state index contributed by atoms with van der Waals surface area (Å²) in [7, 11) is 0. The number of hydrogen-bond donors (Lipinski definition) is 1. The molecule has 1 aliphatic rings. The Labute approximate surface area is 82.4 Å². The molecule has 0 aromatic carbocycles. The second-order valence-corrected chi connectivity index (χ2v) is 5.64. The van der Waals surface area contributed by atoms with Gasteiger partial charge in [-0.2, -0.15) is 0 Å². The van der Waals surface area contributed by atoms with Crippen molar-refractivity contribution in [2.75, 3.05) is 0 Å². The van der Waals surface area contributed by atoms with Crippen molar-refractivity contribution in [2.24, 2.45) is 11.1 Å². The van der Waals surface area contributed by atoms with Crippen LogP contribution >= 0.6 is 0 Å². The van der Waals surface area contributed by atoms with Crippen LogP contribution in [0.1, 0.15) is 52.9 Å². The number of nitrogens with two attached hydrogens (primary N) is 1. The van der Waals surface area contributed by atoms with Crippen LogP contribution in [0.2, 0.25) is 0 Å². The van der Waals surface area contributed by atoms with Crippen LogP contribution in [0, 0.1) is 5.41 Å². The molecule has 0 aromatic heterocycles. The normalized spacial score (nSPS) is 29.2. The lowest BCUT2D eigenvalue weighted by molar-refractivity contribution is 0.276. The van der Waals surface area contributed by atoms with E-state index in [1.165, 1.54) is 25.7 Å². The maximum Gasteiger partial charge on any atom is 0.0192 e. The first-order valence-electron chi connectivity index (χ1n) is 5.35. The van der Waals surface area contributed by atoms with Crippen LogP contribution in [0.5, 0.6) is 0 Å². The van der Waals surface area contributed by atoms with E-state index in [1.807, 2.05) is 0 Å². The Kier molecular flexibility index (Phi) is 3.18. The highest BCUT2D eigenvalue weighted by Crippen LogP contribution is 2.30. The molecule has 0 radical (unpaired) electrons. The van der Waals surface area contributed by atoms with Crippen LogP contribution in [-0.4, -0.2) is 5.54 Å². The summed E-state index contributed by atoms with van der Waals surface area (Å²) in [5, 5.41) is 0. The predicted octanol–water partition coefficient (Wildman–Crippen LogP) is 3.25. The van der Waals surface area contributed by atoms with Gasteiger partial charge in [0.2, 0.25) is 0 Å². The van der Waals surface area contributed by atoms with E-state index in [9.17, 15) is 0 Å². The van der Waals surface area contributed by atoms with E-state index in [1.54, 1.807) is 0 Å². The van der Waals surface area contributed by atoms with Crippen molar-refractivity contribution in [3.05, 3.63) is 12.2 Å². The lowest BCUT2D eigenvalue weighted by atomic mass is 9.78. The van der Waals surface area contributed by atoms with Crippen molar-refractivity contribution in [3.63, 3.8) is 0 Å². The molecule has 0 aliphatic heterocycles. The fourth-order valence-electron chi connectivity index (χ4n) is 1.76. The third-order valence-corrected chi connectivity index (χ3v) is 2.87. The monoisotopic (exact) mass is 181 g/mol. The molecule has 2 N–H and O–H groups in total. The molecule has 1 aliphatic carbocycles. The Morgan fingerprint density at radius 1 is 1.31 bits per heavy atom. The largest absolute Gasteiger partial charge is 0.325 e. The summed E-state index contributed by atoms with van der Waals surface area (Å²) < 4.78 is 0. The summed E-state index contributed by atoms with van der Waals surface area (Å²) in [5.74, 6) is 0. The van der Waals surface area contributed by atoms with Crippen LogP contribution in [0.3, 0.4) is 0 Å². The van der Waals surface area contributed by atoms with Crippen molar-refractivity contribution in [1.29, 1.82) is 0 Å². The number of allylic oxidation sites excluding steroid dienone is 1. The van der Waals surface area contributed by atoms with Crippen molar-refractivity contribution >= 4 is 0 Å². The van der Waals surface area contributed by atoms with E-state index < -0.39 is 0 Å². The average molecular weight is 181 g/mol. The summed E-state index contributed by atoms with van der Waals surface area (Å²) in [6.07, 6.45) is 10.3. The quantitative estimate of drug-likeness (QED) is 0.650. The topological polar surface area (TPSA) is 26.0 Å². The molecular weight excluding hydrogens is 158 g/mol. The zero-order valence-electron chi connectivity index (χ0n) is 9.27. The fourth-order valence-corrected chi connectivity index (χ4v) is 1.76. The van der Waals surface area contributed by atoms with Gasteiger partial charge in [0, 0.05) is 5.54 Å². The van der Waals surface area contributed by atoms with Gasteiger partial charge in [0.05, 0.1) is 0 Å². The highest BCUT2D eigenvalue weighted by atomic mass is 14.7. The summed E-state index contributed by atoms with van der Waals surface area (Å²) in [4.78, 5) is 0. The van der Waals surface area contributed by atoms with Crippen LogP contribution in [0.25, 0.3) is 0 Å². The van der Waals surface area contributed by atoms with E-state index >= 15 is 0 Å². The second-order valence-electron chi connectivity index (χ2n) is 5.64. The Morgan fingerprint density at radius 3 is 2.46 bits per heavy atom. The SMILES string of the molecule is CC(C)(C)CCC1(N)CC=CCC1. The van der Waals surface area contributed by atoms with E-state index in [4.69, 9.17) is 5.73 Å². The van der Waals surface area contributed by atoms with Gasteiger partial charge in [-0.3, -0.25) is 0 Å². The van der Waals surface area contributed by atoms with Crippen LogP contribution < -0.4 is 5.73 Å². The molecule has 0 saturated heterocycles. The molecule has 1 heteroatoms. The van der Waals surface area contributed by atoms with Crippen molar-refractivity contribution in [1.82, 2.24) is 0 Å². The molecule has 1 atom stereocenters. The van der Waals surface area contributed by atoms with Gasteiger partial charge in [0.25, 0.3) is 0 Å². The molecule has 0 saturated carbocycles. The molecule has 1 unspecified atom stereocenters. The summed E-state index contributed by atoms with van der Waals surface area (Å²) in [5.41, 5.74) is 6.84. The first kappa shape index (κ1) is 10.8. The highest BCUT2D eigenvalue weighted by Gasteiger charge is 2.26. The fraction of sp³-hybridized carbons (Fsp3) is 0.833. The summed E-state index contributed by atoms with van der Waals surface area (Å²) in [6.45, 7) is 6.86. The van der Waals surface area contributed by atoms with Gasteiger partial charge in [0.1, 0.15) is 0 Å². The molecule has 13 heavy (non-hydrogen) atoms. The molecule has 0 amide bonds. The minimum Gasteiger partial charge on any atom is -0.325 e. The molecule has 76 valence electrons. The first-order valence-corrected chi connectivity index (χ1v) is 5.35. The Bertz CT molecular complexity index is 188. The van der Waals surface area contributed by atoms with Crippen molar-refractivity contribution < 1.29 is 0 Å². The van der Waals surface area contributed by atoms with Crippen LogP contribution in [0.15, 0.2) is 12.2 Å².